The molecule has 2 unspecified atom stereocenters. The van der Waals surface area contributed by atoms with E-state index in [1.807, 2.05) is 0 Å². The van der Waals surface area contributed by atoms with E-state index in [1.54, 1.807) is 24.3 Å². The molecule has 4 aliphatic carbocycles. The van der Waals surface area contributed by atoms with Crippen molar-refractivity contribution in [2.75, 3.05) is 7.11 Å². The number of benzene rings is 1. The second kappa shape index (κ2) is 12.7. The SMILES string of the molecule is COc1cc(/C=C/C(=O)OC2CC[C@@]3(C)C(CC[C@H]4[C@@H]5CC[C@H]([C@H](C)CC[C@H](C)C(C)C)[C@@]5(C)CC[C@@H]43)C2(C)C)ccc1O. The second-order valence-corrected chi connectivity index (χ2v) is 17.1. The number of carbonyl (C=O) groups excluding carboxylic acids is 1. The van der Waals surface area contributed by atoms with Crippen molar-refractivity contribution in [3.63, 3.8) is 0 Å². The van der Waals surface area contributed by atoms with Gasteiger partial charge in [0, 0.05) is 11.5 Å². The maximum absolute atomic E-state index is 13.0. The molecule has 0 spiro atoms. The number of phenols is 1. The molecular formula is C40H62O4. The van der Waals surface area contributed by atoms with Crippen molar-refractivity contribution in [2.45, 2.75) is 126 Å². The highest BCUT2D eigenvalue weighted by molar-refractivity contribution is 5.87. The second-order valence-electron chi connectivity index (χ2n) is 17.1. The number of fused-ring (bicyclic) bond motifs is 5. The van der Waals surface area contributed by atoms with Gasteiger partial charge in [-0.1, -0.05) is 74.3 Å². The summed E-state index contributed by atoms with van der Waals surface area (Å²) in [5, 5.41) is 9.88. The van der Waals surface area contributed by atoms with Crippen molar-refractivity contribution in [3.05, 3.63) is 29.8 Å². The van der Waals surface area contributed by atoms with E-state index in [-0.39, 0.29) is 23.2 Å². The van der Waals surface area contributed by atoms with E-state index < -0.39 is 0 Å². The van der Waals surface area contributed by atoms with Crippen LogP contribution in [0.5, 0.6) is 11.5 Å². The number of esters is 1. The Hall–Kier alpha value is -1.97. The van der Waals surface area contributed by atoms with Gasteiger partial charge in [-0.25, -0.2) is 4.79 Å². The topological polar surface area (TPSA) is 55.8 Å². The van der Waals surface area contributed by atoms with Gasteiger partial charge in [0.15, 0.2) is 11.5 Å². The molecule has 1 N–H and O–H groups in total. The van der Waals surface area contributed by atoms with Crippen molar-refractivity contribution >= 4 is 12.0 Å². The Morgan fingerprint density at radius 3 is 2.34 bits per heavy atom. The first-order valence-electron chi connectivity index (χ1n) is 18.0. The van der Waals surface area contributed by atoms with Crippen LogP contribution in [0.15, 0.2) is 24.3 Å². The lowest BCUT2D eigenvalue weighted by molar-refractivity contribution is -0.194. The Morgan fingerprint density at radius 2 is 1.64 bits per heavy atom. The first kappa shape index (κ1) is 33.4. The van der Waals surface area contributed by atoms with Crippen LogP contribution in [0, 0.1) is 63.6 Å². The molecule has 0 heterocycles. The number of aromatic hydroxyl groups is 1. The molecule has 5 rings (SSSR count). The van der Waals surface area contributed by atoms with Crippen LogP contribution in [0.1, 0.15) is 125 Å². The molecule has 4 aliphatic rings. The zero-order valence-electron chi connectivity index (χ0n) is 29.3. The predicted octanol–water partition coefficient (Wildman–Crippen LogP) is 10.3. The third-order valence-corrected chi connectivity index (χ3v) is 14.4. The average Bonchev–Trinajstić information content (AvgIpc) is 3.34. The van der Waals surface area contributed by atoms with Gasteiger partial charge in [0.1, 0.15) is 6.10 Å². The molecule has 1 aromatic carbocycles. The van der Waals surface area contributed by atoms with Crippen LogP contribution in [0.4, 0.5) is 0 Å². The molecule has 0 aliphatic heterocycles. The monoisotopic (exact) mass is 606 g/mol. The Bertz CT molecular complexity index is 1200. The average molecular weight is 607 g/mol. The van der Waals surface area contributed by atoms with E-state index in [1.165, 1.54) is 64.6 Å². The van der Waals surface area contributed by atoms with Gasteiger partial charge in [-0.3, -0.25) is 0 Å². The van der Waals surface area contributed by atoms with Crippen molar-refractivity contribution in [1.29, 1.82) is 0 Å². The van der Waals surface area contributed by atoms with E-state index in [0.717, 1.165) is 59.8 Å². The van der Waals surface area contributed by atoms with E-state index in [0.29, 0.717) is 22.5 Å². The number of hydrogen-bond donors (Lipinski definition) is 1. The molecular weight excluding hydrogens is 544 g/mol. The standard InChI is InChI=1S/C40H62O4/c1-25(2)26(3)10-11-27(4)30-15-16-31-29-14-18-35-38(5,6)36(21-23-40(35,8)32(29)20-22-39(30,31)7)44-37(42)19-13-28-12-17-33(41)34(24-28)43-9/h12-13,17,19,24-27,29-32,35-36,41H,10-11,14-16,18,20-23H2,1-9H3/b19-13+/t26-,27+,29-,30+,31-,32-,35?,36?,39+,40+/m0/s1. The Balaban J connectivity index is 1.24. The number of rotatable bonds is 9. The van der Waals surface area contributed by atoms with Gasteiger partial charge in [-0.15, -0.1) is 0 Å². The van der Waals surface area contributed by atoms with Gasteiger partial charge in [0.2, 0.25) is 0 Å². The fourth-order valence-electron chi connectivity index (χ4n) is 11.5. The van der Waals surface area contributed by atoms with Crippen LogP contribution in [0.25, 0.3) is 6.08 Å². The van der Waals surface area contributed by atoms with E-state index in [2.05, 4.69) is 55.4 Å². The van der Waals surface area contributed by atoms with Crippen LogP contribution in [-0.4, -0.2) is 24.3 Å². The summed E-state index contributed by atoms with van der Waals surface area (Å²) in [5.74, 6) is 6.66. The highest BCUT2D eigenvalue weighted by atomic mass is 16.5. The van der Waals surface area contributed by atoms with Gasteiger partial charge in [-0.2, -0.15) is 0 Å². The first-order chi connectivity index (χ1) is 20.7. The van der Waals surface area contributed by atoms with Crippen molar-refractivity contribution in [2.24, 2.45) is 63.6 Å². The molecule has 0 saturated heterocycles. The minimum Gasteiger partial charge on any atom is -0.504 e. The van der Waals surface area contributed by atoms with Crippen molar-refractivity contribution in [1.82, 2.24) is 0 Å². The largest absolute Gasteiger partial charge is 0.504 e. The van der Waals surface area contributed by atoms with Crippen LogP contribution in [-0.2, 0) is 9.53 Å². The maximum atomic E-state index is 13.0. The van der Waals surface area contributed by atoms with E-state index >= 15 is 0 Å². The number of carbonyl (C=O) groups is 1. The summed E-state index contributed by atoms with van der Waals surface area (Å²) in [7, 11) is 1.52. The summed E-state index contributed by atoms with van der Waals surface area (Å²) in [6.45, 7) is 19.9. The number of phenolic OH excluding ortho intramolecular Hbond substituents is 1. The Kier molecular flexibility index (Phi) is 9.62. The van der Waals surface area contributed by atoms with Gasteiger partial charge in [0.05, 0.1) is 7.11 Å². The highest BCUT2D eigenvalue weighted by Gasteiger charge is 2.63. The molecule has 1 aromatic rings. The van der Waals surface area contributed by atoms with Crippen LogP contribution in [0.2, 0.25) is 0 Å². The molecule has 44 heavy (non-hydrogen) atoms. The van der Waals surface area contributed by atoms with Crippen molar-refractivity contribution in [3.8, 4) is 11.5 Å². The zero-order chi connectivity index (χ0) is 32.0. The fraction of sp³-hybridized carbons (Fsp3) is 0.775. The molecule has 0 radical (unpaired) electrons. The molecule has 10 atom stereocenters. The molecule has 0 amide bonds. The fourth-order valence-corrected chi connectivity index (χ4v) is 11.5. The first-order valence-corrected chi connectivity index (χ1v) is 18.0. The lowest BCUT2D eigenvalue weighted by Gasteiger charge is -2.65. The molecule has 4 heteroatoms. The van der Waals surface area contributed by atoms with Crippen LogP contribution < -0.4 is 4.74 Å². The summed E-state index contributed by atoms with van der Waals surface area (Å²) in [6, 6.07) is 5.08. The quantitative estimate of drug-likeness (QED) is 0.224. The maximum Gasteiger partial charge on any atom is 0.331 e. The summed E-state index contributed by atoms with van der Waals surface area (Å²) in [4.78, 5) is 13.0. The van der Waals surface area contributed by atoms with Gasteiger partial charge in [0.25, 0.3) is 0 Å². The van der Waals surface area contributed by atoms with Gasteiger partial charge in [-0.05, 0) is 133 Å². The normalized spacial score (nSPS) is 37.6. The van der Waals surface area contributed by atoms with E-state index in [4.69, 9.17) is 9.47 Å². The summed E-state index contributed by atoms with van der Waals surface area (Å²) >= 11 is 0. The summed E-state index contributed by atoms with van der Waals surface area (Å²) in [6.07, 6.45) is 16.4. The number of hydrogen-bond acceptors (Lipinski definition) is 4. The molecule has 0 bridgehead atoms. The zero-order valence-corrected chi connectivity index (χ0v) is 29.3. The van der Waals surface area contributed by atoms with Crippen LogP contribution >= 0.6 is 0 Å². The molecule has 0 aromatic heterocycles. The molecule has 4 fully saturated rings. The van der Waals surface area contributed by atoms with Gasteiger partial charge < -0.3 is 14.6 Å². The smallest absolute Gasteiger partial charge is 0.331 e. The Labute approximate surface area is 268 Å². The molecule has 4 saturated carbocycles. The lowest BCUT2D eigenvalue weighted by atomic mass is 9.41. The number of ether oxygens (including phenoxy) is 2. The predicted molar refractivity (Wildman–Crippen MR) is 180 cm³/mol. The summed E-state index contributed by atoms with van der Waals surface area (Å²) in [5.41, 5.74) is 1.58. The highest BCUT2D eigenvalue weighted by Crippen LogP contribution is 2.70. The molecule has 4 nitrogen and oxygen atoms in total. The van der Waals surface area contributed by atoms with Crippen molar-refractivity contribution < 1.29 is 19.4 Å². The minimum atomic E-state index is -0.283. The van der Waals surface area contributed by atoms with Gasteiger partial charge >= 0.3 is 5.97 Å². The lowest BCUT2D eigenvalue weighted by Crippen LogP contribution is -2.59. The van der Waals surface area contributed by atoms with E-state index in [9.17, 15) is 9.90 Å². The third-order valence-electron chi connectivity index (χ3n) is 14.4. The van der Waals surface area contributed by atoms with Crippen LogP contribution in [0.3, 0.4) is 0 Å². The Morgan fingerprint density at radius 1 is 0.932 bits per heavy atom. The summed E-state index contributed by atoms with van der Waals surface area (Å²) < 4.78 is 11.4. The molecule has 246 valence electrons. The third kappa shape index (κ3) is 5.97. The minimum absolute atomic E-state index is 0.0518. The number of methoxy groups -OCH3 is 1.